The number of nitrogens with one attached hydrogen (secondary N) is 1. The predicted octanol–water partition coefficient (Wildman–Crippen LogP) is 3.29. The number of hydrogen-bond acceptors (Lipinski definition) is 4. The highest BCUT2D eigenvalue weighted by Gasteiger charge is 2.24. The molecular formula is C24H19FN2O4S. The maximum Gasteiger partial charge on any atom is 0.270 e. The number of halogens is 1. The van der Waals surface area contributed by atoms with Gasteiger partial charge in [-0.1, -0.05) is 48.5 Å². The number of hydrogen-bond donors (Lipinski definition) is 1. The molecular weight excluding hydrogens is 431 g/mol. The Morgan fingerprint density at radius 2 is 1.56 bits per heavy atom. The molecule has 8 heteroatoms. The Hall–Kier alpha value is -3.78. The molecule has 4 aromatic rings. The number of sulfone groups is 1. The number of nitrogens with zero attached hydrogens (tertiary/aromatic N) is 1. The van der Waals surface area contributed by atoms with Crippen LogP contribution in [-0.2, 0) is 27.7 Å². The van der Waals surface area contributed by atoms with Gasteiger partial charge in [0.05, 0.1) is 10.4 Å². The van der Waals surface area contributed by atoms with Crippen molar-refractivity contribution in [2.75, 3.05) is 0 Å². The standard InChI is InChI=1S/C24H19FN2O4S/c25-19-12-10-17(11-13-19)15-26-23(28)16-27-21-9-5-4-6-18(21)14-22(24(27)29)32(30,31)20-7-2-1-3-8-20/h1-14H,15-16H2,(H,26,28). The highest BCUT2D eigenvalue weighted by molar-refractivity contribution is 7.91. The Bertz CT molecular complexity index is 1450. The van der Waals surface area contributed by atoms with Crippen molar-refractivity contribution in [1.82, 2.24) is 9.88 Å². The normalized spacial score (nSPS) is 11.4. The van der Waals surface area contributed by atoms with Gasteiger partial charge in [0.2, 0.25) is 15.7 Å². The van der Waals surface area contributed by atoms with Crippen molar-refractivity contribution < 1.29 is 17.6 Å². The van der Waals surface area contributed by atoms with E-state index in [0.717, 1.165) is 4.57 Å². The molecule has 0 atom stereocenters. The minimum absolute atomic E-state index is 0.000285. The first-order valence-electron chi connectivity index (χ1n) is 9.80. The van der Waals surface area contributed by atoms with Crippen LogP contribution in [0.3, 0.4) is 0 Å². The molecule has 0 spiro atoms. The summed E-state index contributed by atoms with van der Waals surface area (Å²) in [6.45, 7) is -0.216. The quantitative estimate of drug-likeness (QED) is 0.489. The average molecular weight is 450 g/mol. The van der Waals surface area contributed by atoms with Crippen molar-refractivity contribution in [2.45, 2.75) is 22.9 Å². The summed E-state index contributed by atoms with van der Waals surface area (Å²) in [6, 6.07) is 21.5. The van der Waals surface area contributed by atoms with Gasteiger partial charge in [0.1, 0.15) is 17.3 Å². The van der Waals surface area contributed by atoms with E-state index in [9.17, 15) is 22.4 Å². The lowest BCUT2D eigenvalue weighted by molar-refractivity contribution is -0.121. The molecule has 0 unspecified atom stereocenters. The van der Waals surface area contributed by atoms with Crippen LogP contribution in [0.15, 0.2) is 99.5 Å². The monoisotopic (exact) mass is 450 g/mol. The molecule has 0 saturated carbocycles. The van der Waals surface area contributed by atoms with Crippen molar-refractivity contribution in [3.05, 3.63) is 107 Å². The van der Waals surface area contributed by atoms with Gasteiger partial charge in [-0.25, -0.2) is 12.8 Å². The summed E-state index contributed by atoms with van der Waals surface area (Å²) in [5.41, 5.74) is 0.364. The van der Waals surface area contributed by atoms with Crippen LogP contribution >= 0.6 is 0 Å². The molecule has 6 nitrogen and oxygen atoms in total. The molecule has 3 aromatic carbocycles. The molecule has 0 saturated heterocycles. The zero-order chi connectivity index (χ0) is 22.7. The van der Waals surface area contributed by atoms with Gasteiger partial charge in [-0.05, 0) is 47.3 Å². The van der Waals surface area contributed by atoms with E-state index in [-0.39, 0.29) is 23.8 Å². The second-order valence-corrected chi connectivity index (χ2v) is 9.10. The maximum atomic E-state index is 13.2. The number of aromatic nitrogens is 1. The van der Waals surface area contributed by atoms with E-state index in [1.807, 2.05) is 0 Å². The number of carbonyl (C=O) groups excluding carboxylic acids is 1. The van der Waals surface area contributed by atoms with E-state index in [1.54, 1.807) is 54.6 Å². The lowest BCUT2D eigenvalue weighted by Crippen LogP contribution is -2.34. The fourth-order valence-electron chi connectivity index (χ4n) is 3.38. The van der Waals surface area contributed by atoms with Crippen molar-refractivity contribution >= 4 is 26.6 Å². The van der Waals surface area contributed by atoms with Crippen LogP contribution in [-0.4, -0.2) is 18.9 Å². The number of fused-ring (bicyclic) bond motifs is 1. The number of rotatable bonds is 6. The van der Waals surface area contributed by atoms with Crippen LogP contribution in [0.2, 0.25) is 0 Å². The summed E-state index contributed by atoms with van der Waals surface area (Å²) < 4.78 is 40.5. The minimum atomic E-state index is -4.08. The average Bonchev–Trinajstić information content (AvgIpc) is 2.81. The highest BCUT2D eigenvalue weighted by atomic mass is 32.2. The van der Waals surface area contributed by atoms with E-state index >= 15 is 0 Å². The number of benzene rings is 3. The van der Waals surface area contributed by atoms with Gasteiger partial charge < -0.3 is 5.32 Å². The van der Waals surface area contributed by atoms with Gasteiger partial charge in [0.25, 0.3) is 5.56 Å². The number of para-hydroxylation sites is 1. The van der Waals surface area contributed by atoms with Gasteiger partial charge in [-0.15, -0.1) is 0 Å². The summed E-state index contributed by atoms with van der Waals surface area (Å²) in [6.07, 6.45) is 0. The van der Waals surface area contributed by atoms with Gasteiger partial charge in [-0.2, -0.15) is 0 Å². The second kappa shape index (κ2) is 8.76. The van der Waals surface area contributed by atoms with E-state index in [2.05, 4.69) is 5.32 Å². The van der Waals surface area contributed by atoms with E-state index in [4.69, 9.17) is 0 Å². The summed E-state index contributed by atoms with van der Waals surface area (Å²) in [4.78, 5) is 25.4. The molecule has 1 N–H and O–H groups in total. The van der Waals surface area contributed by atoms with Gasteiger partial charge in [0, 0.05) is 6.54 Å². The molecule has 0 aliphatic heterocycles. The van der Waals surface area contributed by atoms with Crippen LogP contribution in [0.25, 0.3) is 10.9 Å². The van der Waals surface area contributed by atoms with E-state index in [0.29, 0.717) is 16.5 Å². The third-order valence-corrected chi connectivity index (χ3v) is 6.78. The second-order valence-electron chi connectivity index (χ2n) is 7.18. The smallest absolute Gasteiger partial charge is 0.270 e. The fourth-order valence-corrected chi connectivity index (χ4v) is 4.77. The molecule has 162 valence electrons. The Balaban J connectivity index is 1.71. The number of amides is 1. The van der Waals surface area contributed by atoms with E-state index < -0.39 is 26.2 Å². The molecule has 0 bridgehead atoms. The maximum absolute atomic E-state index is 13.2. The molecule has 0 radical (unpaired) electrons. The number of pyridine rings is 1. The van der Waals surface area contributed by atoms with Crippen LogP contribution in [0.5, 0.6) is 0 Å². The lowest BCUT2D eigenvalue weighted by atomic mass is 10.2. The van der Waals surface area contributed by atoms with Gasteiger partial charge in [-0.3, -0.25) is 14.2 Å². The first-order valence-corrected chi connectivity index (χ1v) is 11.3. The predicted molar refractivity (Wildman–Crippen MR) is 118 cm³/mol. The summed E-state index contributed by atoms with van der Waals surface area (Å²) in [7, 11) is -4.08. The third kappa shape index (κ3) is 4.31. The summed E-state index contributed by atoms with van der Waals surface area (Å²) >= 11 is 0. The van der Waals surface area contributed by atoms with Crippen molar-refractivity contribution in [3.63, 3.8) is 0 Å². The zero-order valence-electron chi connectivity index (χ0n) is 16.9. The lowest BCUT2D eigenvalue weighted by Gasteiger charge is -2.13. The summed E-state index contributed by atoms with van der Waals surface area (Å²) in [5.74, 6) is -0.856. The van der Waals surface area contributed by atoms with Crippen molar-refractivity contribution in [3.8, 4) is 0 Å². The molecule has 4 rings (SSSR count). The van der Waals surface area contributed by atoms with Crippen molar-refractivity contribution in [1.29, 1.82) is 0 Å². The zero-order valence-corrected chi connectivity index (χ0v) is 17.7. The third-order valence-electron chi connectivity index (χ3n) is 5.02. The Kier molecular flexibility index (Phi) is 5.87. The Morgan fingerprint density at radius 1 is 0.906 bits per heavy atom. The van der Waals surface area contributed by atoms with Crippen LogP contribution < -0.4 is 10.9 Å². The summed E-state index contributed by atoms with van der Waals surface area (Å²) in [5, 5.41) is 3.20. The molecule has 32 heavy (non-hydrogen) atoms. The first kappa shape index (κ1) is 21.5. The fraction of sp³-hybridized carbons (Fsp3) is 0.0833. The van der Waals surface area contributed by atoms with Gasteiger partial charge in [0.15, 0.2) is 0 Å². The molecule has 0 fully saturated rings. The topological polar surface area (TPSA) is 85.2 Å². The molecule has 0 aliphatic carbocycles. The molecule has 1 amide bonds. The molecule has 1 heterocycles. The Labute approximate surface area is 183 Å². The van der Waals surface area contributed by atoms with Crippen LogP contribution in [0.4, 0.5) is 4.39 Å². The SMILES string of the molecule is O=C(Cn1c(=O)c(S(=O)(=O)c2ccccc2)cc2ccccc21)NCc1ccc(F)cc1. The van der Waals surface area contributed by atoms with Gasteiger partial charge >= 0.3 is 0 Å². The molecule has 1 aromatic heterocycles. The number of carbonyl (C=O) groups is 1. The highest BCUT2D eigenvalue weighted by Crippen LogP contribution is 2.22. The van der Waals surface area contributed by atoms with Crippen molar-refractivity contribution in [2.24, 2.45) is 0 Å². The minimum Gasteiger partial charge on any atom is -0.350 e. The van der Waals surface area contributed by atoms with Crippen LogP contribution in [0, 0.1) is 5.82 Å². The largest absolute Gasteiger partial charge is 0.350 e. The Morgan fingerprint density at radius 3 is 2.28 bits per heavy atom. The van der Waals surface area contributed by atoms with Crippen LogP contribution in [0.1, 0.15) is 5.56 Å². The molecule has 0 aliphatic rings. The van der Waals surface area contributed by atoms with E-state index in [1.165, 1.54) is 30.3 Å². The first-order chi connectivity index (χ1) is 15.4.